The van der Waals surface area contributed by atoms with E-state index >= 15 is 0 Å². The number of hydrogen-bond acceptors (Lipinski definition) is 5. The van der Waals surface area contributed by atoms with E-state index in [2.05, 4.69) is 17.2 Å². The number of anilines is 1. The number of amides is 1. The molecule has 0 saturated heterocycles. The fourth-order valence-corrected chi connectivity index (χ4v) is 3.19. The molecule has 0 radical (unpaired) electrons. The molecule has 0 fully saturated rings. The van der Waals surface area contributed by atoms with Gasteiger partial charge in [-0.1, -0.05) is 27.7 Å². The number of aryl methyl sites for hydroxylation is 1. The molecule has 7 nitrogen and oxygen atoms in total. The van der Waals surface area contributed by atoms with E-state index in [-0.39, 0.29) is 17.0 Å². The van der Waals surface area contributed by atoms with E-state index in [9.17, 15) is 4.79 Å². The zero-order chi connectivity index (χ0) is 20.5. The van der Waals surface area contributed by atoms with E-state index in [4.69, 9.17) is 19.9 Å². The Morgan fingerprint density at radius 3 is 2.75 bits per heavy atom. The monoisotopic (exact) mass is 384 g/mol. The average molecular weight is 384 g/mol. The van der Waals surface area contributed by atoms with Crippen LogP contribution in [0.2, 0.25) is 0 Å². The summed E-state index contributed by atoms with van der Waals surface area (Å²) in [5.41, 5.74) is 7.44. The molecule has 3 N–H and O–H groups in total. The van der Waals surface area contributed by atoms with Crippen LogP contribution in [0.15, 0.2) is 33.9 Å². The zero-order valence-corrected chi connectivity index (χ0v) is 17.1. The smallest absolute Gasteiger partial charge is 0.277 e. The third-order valence-electron chi connectivity index (χ3n) is 5.05. The maximum atomic E-state index is 12.4. The number of rotatable bonds is 4. The number of nitrogens with zero attached hydrogens (tertiary/aromatic N) is 2. The van der Waals surface area contributed by atoms with Gasteiger partial charge in [-0.15, -0.1) is 0 Å². The molecule has 0 spiro atoms. The third kappa shape index (κ3) is 3.88. The summed E-state index contributed by atoms with van der Waals surface area (Å²) in [6.07, 6.45) is 2.85. The number of hydrogen-bond donors (Lipinski definition) is 2. The van der Waals surface area contributed by atoms with Gasteiger partial charge in [0.25, 0.3) is 5.91 Å². The topological polar surface area (TPSA) is 103 Å². The maximum Gasteiger partial charge on any atom is 0.277 e. The van der Waals surface area contributed by atoms with Crippen LogP contribution in [0.3, 0.4) is 0 Å². The molecule has 2 heterocycles. The van der Waals surface area contributed by atoms with Crippen molar-refractivity contribution in [3.8, 4) is 5.75 Å². The van der Waals surface area contributed by atoms with Crippen LogP contribution in [0.25, 0.3) is 0 Å². The molecular weight excluding hydrogens is 356 g/mol. The molecule has 1 amide bonds. The standard InChI is InChI=1S/C21H28N4O3/c1-6-21(25-19(22)20(3,4)5)9-10-27-17-8-7-14(11-15(17)21)24-18(26)16-12-28-13(2)23-16/h7-8,11-12H,6,9-10H2,1-5H3,(H2,22,25)(H,24,26)/t21-/m1/s1. The van der Waals surface area contributed by atoms with E-state index in [1.54, 1.807) is 6.92 Å². The normalized spacial score (nSPS) is 19.7. The first kappa shape index (κ1) is 19.9. The number of aliphatic imine (C=N–C) groups is 1. The number of oxazole rings is 1. The molecule has 7 heteroatoms. The molecule has 0 saturated carbocycles. The maximum absolute atomic E-state index is 12.4. The van der Waals surface area contributed by atoms with Crippen molar-refractivity contribution in [2.24, 2.45) is 16.1 Å². The van der Waals surface area contributed by atoms with Gasteiger partial charge in [-0.3, -0.25) is 9.79 Å². The van der Waals surface area contributed by atoms with E-state index in [1.807, 2.05) is 39.0 Å². The van der Waals surface area contributed by atoms with Crippen LogP contribution in [-0.2, 0) is 5.54 Å². The lowest BCUT2D eigenvalue weighted by Crippen LogP contribution is -2.37. The number of amidine groups is 1. The van der Waals surface area contributed by atoms with Gasteiger partial charge in [-0.25, -0.2) is 4.98 Å². The predicted octanol–water partition coefficient (Wildman–Crippen LogP) is 4.03. The van der Waals surface area contributed by atoms with E-state index < -0.39 is 5.54 Å². The highest BCUT2D eigenvalue weighted by Gasteiger charge is 2.37. The van der Waals surface area contributed by atoms with Gasteiger partial charge >= 0.3 is 0 Å². The van der Waals surface area contributed by atoms with Crippen molar-refractivity contribution < 1.29 is 13.9 Å². The van der Waals surface area contributed by atoms with Crippen molar-refractivity contribution in [2.45, 2.75) is 53.0 Å². The molecule has 0 unspecified atom stereocenters. The first-order valence-corrected chi connectivity index (χ1v) is 9.51. The average Bonchev–Trinajstić information content (AvgIpc) is 3.08. The molecule has 3 rings (SSSR count). The summed E-state index contributed by atoms with van der Waals surface area (Å²) in [5.74, 6) is 1.50. The van der Waals surface area contributed by atoms with Gasteiger partial charge in [0.05, 0.1) is 12.1 Å². The molecule has 1 aromatic heterocycles. The second-order valence-electron chi connectivity index (χ2n) is 8.15. The highest BCUT2D eigenvalue weighted by atomic mass is 16.5. The highest BCUT2D eigenvalue weighted by molar-refractivity contribution is 6.02. The number of carbonyl (C=O) groups excluding carboxylic acids is 1. The highest BCUT2D eigenvalue weighted by Crippen LogP contribution is 2.44. The van der Waals surface area contributed by atoms with E-state index in [1.165, 1.54) is 6.26 Å². The Morgan fingerprint density at radius 2 is 2.14 bits per heavy atom. The summed E-state index contributed by atoms with van der Waals surface area (Å²) in [6.45, 7) is 10.5. The van der Waals surface area contributed by atoms with E-state index in [0.29, 0.717) is 24.0 Å². The Kier molecular flexibility index (Phi) is 5.19. The van der Waals surface area contributed by atoms with Crippen molar-refractivity contribution in [3.63, 3.8) is 0 Å². The summed E-state index contributed by atoms with van der Waals surface area (Å²) in [5, 5.41) is 2.87. The SMILES string of the molecule is CC[C@@]1(N=C(N)C(C)(C)C)CCOc2ccc(NC(=O)c3coc(C)n3)cc21. The van der Waals surface area contributed by atoms with Crippen LogP contribution in [0.5, 0.6) is 5.75 Å². The molecule has 2 aromatic rings. The minimum Gasteiger partial charge on any atom is -0.493 e. The van der Waals surface area contributed by atoms with Crippen LogP contribution in [0.1, 0.15) is 62.5 Å². The minimum absolute atomic E-state index is 0.225. The molecule has 1 aliphatic rings. The number of nitrogens with two attached hydrogens (primary N) is 1. The molecule has 1 atom stereocenters. The third-order valence-corrected chi connectivity index (χ3v) is 5.05. The number of carbonyl (C=O) groups is 1. The van der Waals surface area contributed by atoms with Crippen molar-refractivity contribution in [1.29, 1.82) is 0 Å². The fraction of sp³-hybridized carbons (Fsp3) is 0.476. The molecule has 0 aliphatic carbocycles. The lowest BCUT2D eigenvalue weighted by atomic mass is 9.81. The Balaban J connectivity index is 1.97. The van der Waals surface area contributed by atoms with Gasteiger partial charge in [-0.05, 0) is 24.6 Å². The number of ether oxygens (including phenoxy) is 1. The summed E-state index contributed by atoms with van der Waals surface area (Å²) >= 11 is 0. The van der Waals surface area contributed by atoms with Gasteiger partial charge in [0.15, 0.2) is 11.6 Å². The van der Waals surface area contributed by atoms with Crippen LogP contribution < -0.4 is 15.8 Å². The van der Waals surface area contributed by atoms with Crippen molar-refractivity contribution in [1.82, 2.24) is 4.98 Å². The van der Waals surface area contributed by atoms with Crippen LogP contribution in [-0.4, -0.2) is 23.3 Å². The first-order chi connectivity index (χ1) is 13.1. The van der Waals surface area contributed by atoms with Crippen molar-refractivity contribution >= 4 is 17.4 Å². The molecule has 1 aliphatic heterocycles. The van der Waals surface area contributed by atoms with Gasteiger partial charge in [0, 0.05) is 30.0 Å². The fourth-order valence-electron chi connectivity index (χ4n) is 3.19. The molecule has 150 valence electrons. The molecular formula is C21H28N4O3. The van der Waals surface area contributed by atoms with E-state index in [0.717, 1.165) is 24.2 Å². The second-order valence-corrected chi connectivity index (χ2v) is 8.15. The summed E-state index contributed by atoms with van der Waals surface area (Å²) in [4.78, 5) is 21.4. The molecule has 28 heavy (non-hydrogen) atoms. The summed E-state index contributed by atoms with van der Waals surface area (Å²) in [6, 6.07) is 5.60. The van der Waals surface area contributed by atoms with Crippen molar-refractivity contribution in [2.75, 3.05) is 11.9 Å². The number of fused-ring (bicyclic) bond motifs is 1. The van der Waals surface area contributed by atoms with Crippen LogP contribution in [0, 0.1) is 12.3 Å². The Bertz CT molecular complexity index is 911. The molecule has 0 bridgehead atoms. The minimum atomic E-state index is -0.476. The lowest BCUT2D eigenvalue weighted by molar-refractivity contribution is 0.102. The van der Waals surface area contributed by atoms with Gasteiger partial charge in [-0.2, -0.15) is 0 Å². The Hall–Kier alpha value is -2.83. The second kappa shape index (κ2) is 7.30. The predicted molar refractivity (Wildman–Crippen MR) is 109 cm³/mol. The van der Waals surface area contributed by atoms with Gasteiger partial charge < -0.3 is 20.2 Å². The largest absolute Gasteiger partial charge is 0.493 e. The summed E-state index contributed by atoms with van der Waals surface area (Å²) in [7, 11) is 0. The Labute approximate surface area is 165 Å². The number of aromatic nitrogens is 1. The molecule has 1 aromatic carbocycles. The van der Waals surface area contributed by atoms with Crippen LogP contribution >= 0.6 is 0 Å². The van der Waals surface area contributed by atoms with Crippen molar-refractivity contribution in [3.05, 3.63) is 41.6 Å². The van der Waals surface area contributed by atoms with Gasteiger partial charge in [0.1, 0.15) is 17.8 Å². The zero-order valence-electron chi connectivity index (χ0n) is 17.1. The quantitative estimate of drug-likeness (QED) is 0.612. The Morgan fingerprint density at radius 1 is 1.39 bits per heavy atom. The number of benzene rings is 1. The lowest BCUT2D eigenvalue weighted by Gasteiger charge is -2.37. The first-order valence-electron chi connectivity index (χ1n) is 9.51. The van der Waals surface area contributed by atoms with Crippen LogP contribution in [0.4, 0.5) is 5.69 Å². The summed E-state index contributed by atoms with van der Waals surface area (Å²) < 4.78 is 11.0. The van der Waals surface area contributed by atoms with Gasteiger partial charge in [0.2, 0.25) is 0 Å². The number of nitrogens with one attached hydrogen (secondary N) is 1.